The van der Waals surface area contributed by atoms with E-state index in [1.165, 1.54) is 20.4 Å². The van der Waals surface area contributed by atoms with Crippen molar-refractivity contribution < 1.29 is 13.9 Å². The first-order chi connectivity index (χ1) is 15.5. The summed E-state index contributed by atoms with van der Waals surface area (Å²) in [6, 6.07) is 6.82. The highest BCUT2D eigenvalue weighted by atomic mass is 35.5. The number of aromatic amines is 1. The van der Waals surface area contributed by atoms with Crippen LogP contribution in [0.2, 0.25) is 10.2 Å². The van der Waals surface area contributed by atoms with Gasteiger partial charge in [-0.15, -0.1) is 0 Å². The molecule has 0 saturated carbocycles. The van der Waals surface area contributed by atoms with E-state index in [-0.39, 0.29) is 5.65 Å². The van der Waals surface area contributed by atoms with E-state index >= 15 is 0 Å². The Bertz CT molecular complexity index is 1480. The molecule has 0 aliphatic carbocycles. The van der Waals surface area contributed by atoms with Crippen LogP contribution in [-0.4, -0.2) is 43.5 Å². The summed E-state index contributed by atoms with van der Waals surface area (Å²) in [6.07, 6.45) is 3.44. The first-order valence-corrected chi connectivity index (χ1v) is 10.2. The minimum absolute atomic E-state index is 0.0700. The van der Waals surface area contributed by atoms with Crippen molar-refractivity contribution >= 4 is 40.0 Å². The van der Waals surface area contributed by atoms with Crippen LogP contribution >= 0.6 is 23.2 Å². The second-order valence-electron chi connectivity index (χ2n) is 6.91. The van der Waals surface area contributed by atoms with Gasteiger partial charge in [-0.05, 0) is 18.2 Å². The quantitative estimate of drug-likeness (QED) is 0.372. The molecule has 4 heterocycles. The zero-order chi connectivity index (χ0) is 22.4. The maximum Gasteiger partial charge on any atom is 0.256 e. The van der Waals surface area contributed by atoms with E-state index in [1.807, 2.05) is 0 Å². The lowest BCUT2D eigenvalue weighted by atomic mass is 10.1. The number of rotatable bonds is 5. The minimum atomic E-state index is -0.699. The van der Waals surface area contributed by atoms with Crippen molar-refractivity contribution in [3.8, 4) is 22.8 Å². The third-order valence-electron chi connectivity index (χ3n) is 4.96. The number of hydrogen-bond acceptors (Lipinski definition) is 6. The molecule has 4 aromatic heterocycles. The van der Waals surface area contributed by atoms with Gasteiger partial charge in [-0.1, -0.05) is 23.2 Å². The molecule has 0 atom stereocenters. The number of pyridine rings is 1. The number of nitrogens with one attached hydrogen (secondary N) is 1. The Morgan fingerprint density at radius 1 is 1.06 bits per heavy atom. The molecule has 0 unspecified atom stereocenters. The van der Waals surface area contributed by atoms with E-state index in [0.29, 0.717) is 56.5 Å². The number of imidazole rings is 2. The molecule has 1 N–H and O–H groups in total. The zero-order valence-electron chi connectivity index (χ0n) is 16.9. The van der Waals surface area contributed by atoms with Crippen molar-refractivity contribution in [1.29, 1.82) is 0 Å². The van der Waals surface area contributed by atoms with Crippen LogP contribution < -0.4 is 9.47 Å². The number of nitrogens with zero attached hydrogens (tertiary/aromatic N) is 5. The molecule has 0 aliphatic rings. The topological polar surface area (TPSA) is 90.2 Å². The molecule has 0 fully saturated rings. The second kappa shape index (κ2) is 7.92. The Morgan fingerprint density at radius 3 is 2.62 bits per heavy atom. The van der Waals surface area contributed by atoms with Gasteiger partial charge >= 0.3 is 0 Å². The highest BCUT2D eigenvalue weighted by Gasteiger charge is 2.18. The third kappa shape index (κ3) is 3.49. The Labute approximate surface area is 191 Å². The monoisotopic (exact) mass is 472 g/mol. The molecule has 162 valence electrons. The number of ether oxygens (including phenoxy) is 2. The minimum Gasteiger partial charge on any atom is -0.493 e. The number of halogens is 3. The van der Waals surface area contributed by atoms with Crippen LogP contribution in [0, 0.1) is 5.95 Å². The number of H-pyrrole nitrogens is 1. The molecule has 0 saturated heterocycles. The lowest BCUT2D eigenvalue weighted by Gasteiger charge is -2.13. The fourth-order valence-electron chi connectivity index (χ4n) is 3.51. The Balaban J connectivity index is 1.60. The first-order valence-electron chi connectivity index (χ1n) is 9.42. The van der Waals surface area contributed by atoms with Crippen molar-refractivity contribution in [3.63, 3.8) is 0 Å². The highest BCUT2D eigenvalue weighted by molar-refractivity contribution is 6.33. The van der Waals surface area contributed by atoms with E-state index in [4.69, 9.17) is 32.7 Å². The van der Waals surface area contributed by atoms with Gasteiger partial charge in [0.2, 0.25) is 0 Å². The van der Waals surface area contributed by atoms with E-state index in [9.17, 15) is 4.39 Å². The molecule has 5 rings (SSSR count). The van der Waals surface area contributed by atoms with Gasteiger partial charge in [0.1, 0.15) is 11.0 Å². The van der Waals surface area contributed by atoms with Crippen molar-refractivity contribution in [2.75, 3.05) is 14.2 Å². The highest BCUT2D eigenvalue weighted by Crippen LogP contribution is 2.38. The van der Waals surface area contributed by atoms with Gasteiger partial charge in [0.05, 0.1) is 42.3 Å². The van der Waals surface area contributed by atoms with Gasteiger partial charge in [0.15, 0.2) is 22.8 Å². The maximum absolute atomic E-state index is 14.5. The molecule has 8 nitrogen and oxygen atoms in total. The van der Waals surface area contributed by atoms with Crippen molar-refractivity contribution in [1.82, 2.24) is 29.3 Å². The van der Waals surface area contributed by atoms with Crippen LogP contribution in [0.15, 0.2) is 36.7 Å². The van der Waals surface area contributed by atoms with Crippen LogP contribution in [0.3, 0.4) is 0 Å². The summed E-state index contributed by atoms with van der Waals surface area (Å²) in [4.78, 5) is 20.1. The average molecular weight is 473 g/mol. The third-order valence-corrected chi connectivity index (χ3v) is 5.48. The van der Waals surface area contributed by atoms with Gasteiger partial charge in [-0.3, -0.25) is 4.40 Å². The largest absolute Gasteiger partial charge is 0.493 e. The van der Waals surface area contributed by atoms with Gasteiger partial charge in [0, 0.05) is 24.2 Å². The van der Waals surface area contributed by atoms with Gasteiger partial charge < -0.3 is 14.5 Å². The SMILES string of the molecule is COc1cc(Cl)c(-c2cnc(F)c3nc(Cc4nc5nc(Cl)ccc5[nH]4)cn23)cc1OC. The normalized spacial score (nSPS) is 11.4. The molecule has 0 bridgehead atoms. The fourth-order valence-corrected chi connectivity index (χ4v) is 3.90. The van der Waals surface area contributed by atoms with Gasteiger partial charge in [0.25, 0.3) is 5.95 Å². The summed E-state index contributed by atoms with van der Waals surface area (Å²) >= 11 is 12.4. The van der Waals surface area contributed by atoms with Crippen molar-refractivity contribution in [2.45, 2.75) is 6.42 Å². The molecule has 32 heavy (non-hydrogen) atoms. The van der Waals surface area contributed by atoms with E-state index < -0.39 is 5.95 Å². The molecule has 11 heteroatoms. The van der Waals surface area contributed by atoms with Crippen molar-refractivity contribution in [3.05, 3.63) is 64.3 Å². The number of methoxy groups -OCH3 is 2. The lowest BCUT2D eigenvalue weighted by molar-refractivity contribution is 0.355. The molecule has 0 spiro atoms. The smallest absolute Gasteiger partial charge is 0.256 e. The number of hydrogen-bond donors (Lipinski definition) is 1. The average Bonchev–Trinajstić information content (AvgIpc) is 3.38. The second-order valence-corrected chi connectivity index (χ2v) is 7.71. The van der Waals surface area contributed by atoms with Crippen LogP contribution in [0.4, 0.5) is 4.39 Å². The number of benzene rings is 1. The van der Waals surface area contributed by atoms with Gasteiger partial charge in [-0.25, -0.2) is 19.9 Å². The fraction of sp³-hybridized carbons (Fsp3) is 0.143. The summed E-state index contributed by atoms with van der Waals surface area (Å²) in [6.45, 7) is 0. The van der Waals surface area contributed by atoms with E-state index in [1.54, 1.807) is 34.9 Å². The maximum atomic E-state index is 14.5. The zero-order valence-corrected chi connectivity index (χ0v) is 18.4. The van der Waals surface area contributed by atoms with Crippen LogP contribution in [0.1, 0.15) is 11.5 Å². The van der Waals surface area contributed by atoms with Crippen LogP contribution in [0.25, 0.3) is 28.1 Å². The molecule has 1 aromatic carbocycles. The predicted octanol–water partition coefficient (Wildman–Crippen LogP) is 4.72. The summed E-state index contributed by atoms with van der Waals surface area (Å²) in [5.41, 5.74) is 3.04. The van der Waals surface area contributed by atoms with E-state index in [0.717, 1.165) is 5.52 Å². The summed E-state index contributed by atoms with van der Waals surface area (Å²) in [5, 5.41) is 0.751. The molecular weight excluding hydrogens is 458 g/mol. The standard InChI is InChI=1S/C21H15Cl2FN6O2/c1-31-15-6-11(12(22)7-16(15)32-2)14-8-25-19(24)21-26-10(9-30(14)21)5-18-27-13-3-4-17(23)28-20(13)29-18/h3-4,6-9H,5H2,1-2H3,(H,27,28,29). The molecule has 0 radical (unpaired) electrons. The molecule has 0 amide bonds. The Kier molecular flexibility index (Phi) is 5.07. The van der Waals surface area contributed by atoms with E-state index in [2.05, 4.69) is 24.9 Å². The van der Waals surface area contributed by atoms with Gasteiger partial charge in [-0.2, -0.15) is 4.39 Å². The predicted molar refractivity (Wildman–Crippen MR) is 118 cm³/mol. The first kappa shape index (κ1) is 20.5. The van der Waals surface area contributed by atoms with Crippen molar-refractivity contribution in [2.24, 2.45) is 0 Å². The Morgan fingerprint density at radius 2 is 1.84 bits per heavy atom. The molecule has 0 aliphatic heterocycles. The summed E-state index contributed by atoms with van der Waals surface area (Å²) in [5.74, 6) is 0.891. The van der Waals surface area contributed by atoms with Crippen LogP contribution in [-0.2, 0) is 6.42 Å². The number of aromatic nitrogens is 6. The van der Waals surface area contributed by atoms with Crippen LogP contribution in [0.5, 0.6) is 11.5 Å². The molecule has 5 aromatic rings. The molecular formula is C21H15Cl2FN6O2. The summed E-state index contributed by atoms with van der Waals surface area (Å²) in [7, 11) is 3.05. The Hall–Kier alpha value is -3.43. The lowest BCUT2D eigenvalue weighted by Crippen LogP contribution is -1.99. The number of fused-ring (bicyclic) bond motifs is 2. The summed E-state index contributed by atoms with van der Waals surface area (Å²) < 4.78 is 26.8.